The van der Waals surface area contributed by atoms with Crippen LogP contribution in [-0.2, 0) is 6.54 Å². The zero-order chi connectivity index (χ0) is 19.0. The van der Waals surface area contributed by atoms with Gasteiger partial charge in [0.2, 0.25) is 0 Å². The lowest BCUT2D eigenvalue weighted by Gasteiger charge is -2.36. The van der Waals surface area contributed by atoms with Crippen molar-refractivity contribution >= 4 is 16.7 Å². The number of rotatable bonds is 3. The van der Waals surface area contributed by atoms with Crippen molar-refractivity contribution in [2.75, 3.05) is 31.1 Å². The maximum atomic E-state index is 12.0. The first kappa shape index (κ1) is 17.6. The van der Waals surface area contributed by atoms with Gasteiger partial charge in [-0.1, -0.05) is 0 Å². The van der Waals surface area contributed by atoms with Crippen LogP contribution in [0.25, 0.3) is 11.0 Å². The Kier molecular flexibility index (Phi) is 4.62. The SMILES string of the molecule is Cc1cc2oc(=O)cc(CN3CCN(c4ccc(O)cc4)CC3)c2cc1C. The third-order valence-electron chi connectivity index (χ3n) is 5.43. The van der Waals surface area contributed by atoms with E-state index in [1.807, 2.05) is 25.1 Å². The number of hydrogen-bond acceptors (Lipinski definition) is 5. The molecule has 2 heterocycles. The van der Waals surface area contributed by atoms with Crippen LogP contribution in [-0.4, -0.2) is 36.2 Å². The number of phenolic OH excluding ortho intramolecular Hbond substituents is 1. The molecule has 1 N–H and O–H groups in total. The van der Waals surface area contributed by atoms with Gasteiger partial charge in [0.1, 0.15) is 11.3 Å². The average molecular weight is 364 g/mol. The van der Waals surface area contributed by atoms with Gasteiger partial charge in [0, 0.05) is 49.9 Å². The topological polar surface area (TPSA) is 56.9 Å². The highest BCUT2D eigenvalue weighted by atomic mass is 16.4. The number of fused-ring (bicyclic) bond motifs is 1. The van der Waals surface area contributed by atoms with Crippen molar-refractivity contribution in [2.45, 2.75) is 20.4 Å². The summed E-state index contributed by atoms with van der Waals surface area (Å²) < 4.78 is 5.41. The van der Waals surface area contributed by atoms with E-state index in [1.165, 1.54) is 5.56 Å². The lowest BCUT2D eigenvalue weighted by molar-refractivity contribution is 0.250. The van der Waals surface area contributed by atoms with E-state index >= 15 is 0 Å². The Hall–Kier alpha value is -2.79. The molecule has 5 nitrogen and oxygen atoms in total. The zero-order valence-corrected chi connectivity index (χ0v) is 15.7. The number of aryl methyl sites for hydroxylation is 2. The molecule has 27 heavy (non-hydrogen) atoms. The highest BCUT2D eigenvalue weighted by molar-refractivity contribution is 5.81. The second-order valence-electron chi connectivity index (χ2n) is 7.30. The predicted molar refractivity (Wildman–Crippen MR) is 108 cm³/mol. The van der Waals surface area contributed by atoms with Crippen molar-refractivity contribution in [3.05, 3.63) is 69.6 Å². The zero-order valence-electron chi connectivity index (χ0n) is 15.7. The lowest BCUT2D eigenvalue weighted by atomic mass is 10.0. The van der Waals surface area contributed by atoms with E-state index in [0.29, 0.717) is 5.58 Å². The van der Waals surface area contributed by atoms with E-state index in [1.54, 1.807) is 18.2 Å². The third-order valence-corrected chi connectivity index (χ3v) is 5.43. The van der Waals surface area contributed by atoms with Crippen LogP contribution in [0, 0.1) is 13.8 Å². The first-order chi connectivity index (χ1) is 13.0. The molecule has 0 saturated carbocycles. The number of anilines is 1. The molecule has 0 unspecified atom stereocenters. The van der Waals surface area contributed by atoms with Crippen LogP contribution in [0.1, 0.15) is 16.7 Å². The van der Waals surface area contributed by atoms with Crippen molar-refractivity contribution in [1.82, 2.24) is 4.90 Å². The van der Waals surface area contributed by atoms with Gasteiger partial charge in [-0.3, -0.25) is 4.90 Å². The molecule has 5 heteroatoms. The molecule has 1 aliphatic heterocycles. The molecule has 2 aromatic carbocycles. The molecule has 1 fully saturated rings. The summed E-state index contributed by atoms with van der Waals surface area (Å²) in [6.07, 6.45) is 0. The van der Waals surface area contributed by atoms with Crippen molar-refractivity contribution in [1.29, 1.82) is 0 Å². The minimum atomic E-state index is -0.288. The fourth-order valence-corrected chi connectivity index (χ4v) is 3.68. The number of piperazine rings is 1. The van der Waals surface area contributed by atoms with E-state index in [0.717, 1.165) is 54.9 Å². The second-order valence-corrected chi connectivity index (χ2v) is 7.30. The molecule has 0 amide bonds. The van der Waals surface area contributed by atoms with Gasteiger partial charge in [0.15, 0.2) is 0 Å². The van der Waals surface area contributed by atoms with Crippen molar-refractivity contribution in [3.63, 3.8) is 0 Å². The Bertz CT molecular complexity index is 1020. The standard InChI is InChI=1S/C22H24N2O3/c1-15-11-20-17(13-22(26)27-21(20)12-16(15)2)14-23-7-9-24(10-8-23)18-3-5-19(25)6-4-18/h3-6,11-13,25H,7-10,14H2,1-2H3. The van der Waals surface area contributed by atoms with Crippen LogP contribution >= 0.6 is 0 Å². The van der Waals surface area contributed by atoms with Gasteiger partial charge in [-0.15, -0.1) is 0 Å². The Labute approximate surface area is 158 Å². The van der Waals surface area contributed by atoms with Gasteiger partial charge in [0.25, 0.3) is 0 Å². The molecule has 1 aliphatic rings. The normalized spacial score (nSPS) is 15.4. The highest BCUT2D eigenvalue weighted by Gasteiger charge is 2.19. The lowest BCUT2D eigenvalue weighted by Crippen LogP contribution is -2.46. The summed E-state index contributed by atoms with van der Waals surface area (Å²) >= 11 is 0. The van der Waals surface area contributed by atoms with Crippen LogP contribution in [0.3, 0.4) is 0 Å². The molecule has 140 valence electrons. The van der Waals surface area contributed by atoms with Gasteiger partial charge in [0.05, 0.1) is 0 Å². The summed E-state index contributed by atoms with van der Waals surface area (Å²) in [4.78, 5) is 16.7. The van der Waals surface area contributed by atoms with Crippen LogP contribution in [0.5, 0.6) is 5.75 Å². The van der Waals surface area contributed by atoms with Crippen LogP contribution in [0.15, 0.2) is 51.7 Å². The first-order valence-electron chi connectivity index (χ1n) is 9.30. The summed E-state index contributed by atoms with van der Waals surface area (Å²) in [5, 5.41) is 10.5. The minimum Gasteiger partial charge on any atom is -0.508 e. The average Bonchev–Trinajstić information content (AvgIpc) is 2.65. The summed E-state index contributed by atoms with van der Waals surface area (Å²) in [6.45, 7) is 8.55. The Balaban J connectivity index is 1.51. The number of nitrogens with zero attached hydrogens (tertiary/aromatic N) is 2. The monoisotopic (exact) mass is 364 g/mol. The number of aromatic hydroxyl groups is 1. The maximum absolute atomic E-state index is 12.0. The quantitative estimate of drug-likeness (QED) is 0.722. The smallest absolute Gasteiger partial charge is 0.336 e. The third kappa shape index (κ3) is 3.69. The van der Waals surface area contributed by atoms with E-state index in [-0.39, 0.29) is 11.4 Å². The molecule has 0 atom stereocenters. The number of benzene rings is 2. The maximum Gasteiger partial charge on any atom is 0.336 e. The second kappa shape index (κ2) is 7.08. The molecule has 1 aromatic heterocycles. The molecule has 0 spiro atoms. The van der Waals surface area contributed by atoms with Crippen molar-refractivity contribution < 1.29 is 9.52 Å². The summed E-state index contributed by atoms with van der Waals surface area (Å²) in [5.41, 5.74) is 4.87. The Morgan fingerprint density at radius 3 is 2.33 bits per heavy atom. The number of hydrogen-bond donors (Lipinski definition) is 1. The van der Waals surface area contributed by atoms with Crippen LogP contribution < -0.4 is 10.5 Å². The van der Waals surface area contributed by atoms with Gasteiger partial charge in [-0.25, -0.2) is 4.79 Å². The fraction of sp³-hybridized carbons (Fsp3) is 0.318. The molecule has 1 saturated heterocycles. The molecule has 0 aliphatic carbocycles. The summed E-state index contributed by atoms with van der Waals surface area (Å²) in [7, 11) is 0. The predicted octanol–water partition coefficient (Wildman–Crippen LogP) is 3.44. The van der Waals surface area contributed by atoms with E-state index in [4.69, 9.17) is 4.42 Å². The molecular weight excluding hydrogens is 340 g/mol. The van der Waals surface area contributed by atoms with Crippen LogP contribution in [0.4, 0.5) is 5.69 Å². The molecule has 0 radical (unpaired) electrons. The molecular formula is C22H24N2O3. The van der Waals surface area contributed by atoms with E-state index in [2.05, 4.69) is 22.8 Å². The molecule has 4 rings (SSSR count). The van der Waals surface area contributed by atoms with Crippen molar-refractivity contribution in [2.24, 2.45) is 0 Å². The van der Waals surface area contributed by atoms with Crippen LogP contribution in [0.2, 0.25) is 0 Å². The molecule has 0 bridgehead atoms. The van der Waals surface area contributed by atoms with Gasteiger partial charge in [-0.2, -0.15) is 0 Å². The Morgan fingerprint density at radius 2 is 1.63 bits per heavy atom. The Morgan fingerprint density at radius 1 is 0.963 bits per heavy atom. The van der Waals surface area contributed by atoms with Gasteiger partial charge in [-0.05, 0) is 66.9 Å². The largest absolute Gasteiger partial charge is 0.508 e. The van der Waals surface area contributed by atoms with E-state index < -0.39 is 0 Å². The van der Waals surface area contributed by atoms with Gasteiger partial charge >= 0.3 is 5.63 Å². The minimum absolute atomic E-state index is 0.288. The number of phenols is 1. The fourth-order valence-electron chi connectivity index (χ4n) is 3.68. The first-order valence-corrected chi connectivity index (χ1v) is 9.30. The molecule has 3 aromatic rings. The van der Waals surface area contributed by atoms with Gasteiger partial charge < -0.3 is 14.4 Å². The van der Waals surface area contributed by atoms with Crippen molar-refractivity contribution in [3.8, 4) is 5.75 Å². The van der Waals surface area contributed by atoms with E-state index in [9.17, 15) is 9.90 Å². The highest BCUT2D eigenvalue weighted by Crippen LogP contribution is 2.24. The summed E-state index contributed by atoms with van der Waals surface area (Å²) in [5.74, 6) is 0.290. The summed E-state index contributed by atoms with van der Waals surface area (Å²) in [6, 6.07) is 13.1.